The van der Waals surface area contributed by atoms with Crippen molar-refractivity contribution in [2.45, 2.75) is 175 Å². The fourth-order valence-electron chi connectivity index (χ4n) is 4.75. The lowest BCUT2D eigenvalue weighted by molar-refractivity contribution is -0.161. The molecule has 0 fully saturated rings. The minimum absolute atomic E-state index is 0.0605. The molecule has 1 N–H and O–H groups in total. The second-order valence-corrected chi connectivity index (χ2v) is 12.2. The number of hydrogen-bond acceptors (Lipinski definition) is 5. The van der Waals surface area contributed by atoms with Gasteiger partial charge in [0, 0.05) is 12.8 Å². The van der Waals surface area contributed by atoms with Crippen LogP contribution in [0.3, 0.4) is 0 Å². The van der Waals surface area contributed by atoms with Gasteiger partial charge >= 0.3 is 11.9 Å². The fraction of sp³-hybridized carbons (Fsp3) is 0.939. The van der Waals surface area contributed by atoms with E-state index in [1.165, 1.54) is 89.9 Å². The van der Waals surface area contributed by atoms with Crippen LogP contribution >= 0.6 is 0 Å². The van der Waals surface area contributed by atoms with E-state index in [1.54, 1.807) is 0 Å². The van der Waals surface area contributed by atoms with Crippen molar-refractivity contribution in [3.63, 3.8) is 0 Å². The zero-order valence-corrected chi connectivity index (χ0v) is 25.8. The van der Waals surface area contributed by atoms with E-state index in [1.807, 2.05) is 0 Å². The van der Waals surface area contributed by atoms with Crippen molar-refractivity contribution < 1.29 is 24.2 Å². The van der Waals surface area contributed by atoms with Gasteiger partial charge in [0.1, 0.15) is 6.61 Å². The second kappa shape index (κ2) is 27.5. The van der Waals surface area contributed by atoms with E-state index in [2.05, 4.69) is 27.7 Å². The van der Waals surface area contributed by atoms with Crippen molar-refractivity contribution >= 4 is 11.9 Å². The van der Waals surface area contributed by atoms with Gasteiger partial charge in [0.25, 0.3) is 0 Å². The van der Waals surface area contributed by atoms with Crippen LogP contribution in [0.2, 0.25) is 0 Å². The third-order valence-electron chi connectivity index (χ3n) is 7.26. The Morgan fingerprint density at radius 2 is 0.868 bits per heavy atom. The van der Waals surface area contributed by atoms with E-state index in [0.29, 0.717) is 12.8 Å². The molecule has 0 saturated heterocycles. The largest absolute Gasteiger partial charge is 0.462 e. The molecule has 0 aliphatic carbocycles. The summed E-state index contributed by atoms with van der Waals surface area (Å²) in [6, 6.07) is 0. The Hall–Kier alpha value is -1.10. The van der Waals surface area contributed by atoms with Gasteiger partial charge in [-0.05, 0) is 24.7 Å². The molecular weight excluding hydrogens is 476 g/mol. The predicted octanol–water partition coefficient (Wildman–Crippen LogP) is 9.33. The molecule has 0 unspecified atom stereocenters. The van der Waals surface area contributed by atoms with E-state index < -0.39 is 6.10 Å². The van der Waals surface area contributed by atoms with Crippen molar-refractivity contribution in [2.75, 3.05) is 13.2 Å². The third kappa shape index (κ3) is 27.9. The van der Waals surface area contributed by atoms with Gasteiger partial charge in [0.05, 0.1) is 6.61 Å². The van der Waals surface area contributed by atoms with Crippen molar-refractivity contribution in [1.29, 1.82) is 0 Å². The smallest absolute Gasteiger partial charge is 0.306 e. The van der Waals surface area contributed by atoms with Crippen LogP contribution in [0.1, 0.15) is 169 Å². The van der Waals surface area contributed by atoms with E-state index in [9.17, 15) is 14.7 Å². The molecule has 38 heavy (non-hydrogen) atoms. The Kier molecular flexibility index (Phi) is 26.7. The normalized spacial score (nSPS) is 12.3. The van der Waals surface area contributed by atoms with Gasteiger partial charge in [-0.3, -0.25) is 9.59 Å². The average Bonchev–Trinajstić information content (AvgIpc) is 2.87. The van der Waals surface area contributed by atoms with Crippen LogP contribution in [0.15, 0.2) is 0 Å². The van der Waals surface area contributed by atoms with E-state index in [-0.39, 0.29) is 25.2 Å². The summed E-state index contributed by atoms with van der Waals surface area (Å²) in [6.45, 7) is 8.76. The number of rotatable bonds is 28. The monoisotopic (exact) mass is 540 g/mol. The van der Waals surface area contributed by atoms with Crippen LogP contribution in [-0.2, 0) is 19.1 Å². The SMILES string of the molecule is CC(C)CCCCCCCCCCCCC(=O)OC[C@H](CO)OC(=O)CCCCCCCCCCC(C)C. The van der Waals surface area contributed by atoms with Gasteiger partial charge in [0.15, 0.2) is 6.10 Å². The molecule has 0 aliphatic rings. The van der Waals surface area contributed by atoms with Gasteiger partial charge in [0.2, 0.25) is 0 Å². The van der Waals surface area contributed by atoms with Crippen LogP contribution < -0.4 is 0 Å². The maximum atomic E-state index is 12.1. The maximum absolute atomic E-state index is 12.1. The van der Waals surface area contributed by atoms with E-state index in [4.69, 9.17) is 9.47 Å². The summed E-state index contributed by atoms with van der Waals surface area (Å²) in [5.41, 5.74) is 0. The molecule has 0 amide bonds. The summed E-state index contributed by atoms with van der Waals surface area (Å²) < 4.78 is 10.5. The molecule has 1 atom stereocenters. The summed E-state index contributed by atoms with van der Waals surface area (Å²) >= 11 is 0. The number of unbranched alkanes of at least 4 members (excludes halogenated alkanes) is 16. The maximum Gasteiger partial charge on any atom is 0.306 e. The highest BCUT2D eigenvalue weighted by Crippen LogP contribution is 2.15. The van der Waals surface area contributed by atoms with Gasteiger partial charge in [-0.25, -0.2) is 0 Å². The van der Waals surface area contributed by atoms with Crippen LogP contribution in [-0.4, -0.2) is 36.4 Å². The van der Waals surface area contributed by atoms with Gasteiger partial charge in [-0.15, -0.1) is 0 Å². The summed E-state index contributed by atoms with van der Waals surface area (Å²) in [4.78, 5) is 24.0. The lowest BCUT2D eigenvalue weighted by Gasteiger charge is -2.15. The van der Waals surface area contributed by atoms with Crippen molar-refractivity contribution in [3.05, 3.63) is 0 Å². The highest BCUT2D eigenvalue weighted by Gasteiger charge is 2.16. The molecule has 0 spiro atoms. The number of aliphatic hydroxyl groups is 1. The molecule has 0 radical (unpaired) electrons. The molecule has 0 aromatic heterocycles. The minimum atomic E-state index is -0.761. The second-order valence-electron chi connectivity index (χ2n) is 12.2. The Morgan fingerprint density at radius 1 is 0.526 bits per heavy atom. The molecule has 0 aromatic carbocycles. The summed E-state index contributed by atoms with van der Waals surface area (Å²) in [5.74, 6) is 1.05. The Morgan fingerprint density at radius 3 is 1.24 bits per heavy atom. The van der Waals surface area contributed by atoms with Crippen molar-refractivity contribution in [2.24, 2.45) is 11.8 Å². The molecule has 5 heteroatoms. The lowest BCUT2D eigenvalue weighted by Crippen LogP contribution is -2.28. The predicted molar refractivity (Wildman–Crippen MR) is 159 cm³/mol. The number of carbonyl (C=O) groups is 2. The number of hydrogen-bond donors (Lipinski definition) is 1. The van der Waals surface area contributed by atoms with Crippen LogP contribution in [0.4, 0.5) is 0 Å². The van der Waals surface area contributed by atoms with E-state index >= 15 is 0 Å². The van der Waals surface area contributed by atoms with Gasteiger partial charge < -0.3 is 14.6 Å². The summed E-state index contributed by atoms with van der Waals surface area (Å²) in [6.07, 6.45) is 24.5. The average molecular weight is 541 g/mol. The quantitative estimate of drug-likeness (QED) is 0.0790. The molecule has 0 aliphatic heterocycles. The summed E-state index contributed by atoms with van der Waals surface area (Å²) in [7, 11) is 0. The summed E-state index contributed by atoms with van der Waals surface area (Å²) in [5, 5.41) is 9.48. The van der Waals surface area contributed by atoms with Crippen LogP contribution in [0.25, 0.3) is 0 Å². The number of esters is 2. The van der Waals surface area contributed by atoms with Gasteiger partial charge in [-0.1, -0.05) is 143 Å². The van der Waals surface area contributed by atoms with Crippen LogP contribution in [0.5, 0.6) is 0 Å². The molecular formula is C33H64O5. The Balaban J connectivity index is 3.57. The minimum Gasteiger partial charge on any atom is -0.462 e. The standard InChI is InChI=1S/C33H64O5/c1-29(2)23-19-15-11-7-5-6-8-13-17-21-25-32(35)37-28-31(27-34)38-33(36)26-22-18-14-10-9-12-16-20-24-30(3)4/h29-31,34H,5-28H2,1-4H3/t31-/m0/s1. The first kappa shape index (κ1) is 36.9. The number of ether oxygens (including phenoxy) is 2. The first-order valence-electron chi connectivity index (χ1n) is 16.3. The molecule has 0 bridgehead atoms. The topological polar surface area (TPSA) is 72.8 Å². The third-order valence-corrected chi connectivity index (χ3v) is 7.26. The first-order valence-corrected chi connectivity index (χ1v) is 16.3. The molecule has 0 heterocycles. The fourth-order valence-corrected chi connectivity index (χ4v) is 4.75. The van der Waals surface area contributed by atoms with E-state index in [0.717, 1.165) is 50.4 Å². The highest BCUT2D eigenvalue weighted by atomic mass is 16.6. The Labute approximate surface area is 236 Å². The zero-order valence-electron chi connectivity index (χ0n) is 25.8. The molecule has 5 nitrogen and oxygen atoms in total. The van der Waals surface area contributed by atoms with Crippen molar-refractivity contribution in [3.8, 4) is 0 Å². The molecule has 226 valence electrons. The number of aliphatic hydroxyl groups excluding tert-OH is 1. The molecule has 0 rings (SSSR count). The molecule has 0 aromatic rings. The van der Waals surface area contributed by atoms with Crippen LogP contribution in [0, 0.1) is 11.8 Å². The molecule has 0 saturated carbocycles. The Bertz CT molecular complexity index is 531. The highest BCUT2D eigenvalue weighted by molar-refractivity contribution is 5.70. The van der Waals surface area contributed by atoms with Gasteiger partial charge in [-0.2, -0.15) is 0 Å². The van der Waals surface area contributed by atoms with Crippen molar-refractivity contribution in [1.82, 2.24) is 0 Å². The zero-order chi connectivity index (χ0) is 28.3. The first-order chi connectivity index (χ1) is 18.3. The number of carbonyl (C=O) groups excluding carboxylic acids is 2. The lowest BCUT2D eigenvalue weighted by atomic mass is 10.0.